The molecule has 0 bridgehead atoms. The number of benzene rings is 2. The molecule has 2 aliphatic rings. The molecule has 8 heteroatoms. The van der Waals surface area contributed by atoms with Crippen molar-refractivity contribution in [2.75, 3.05) is 33.2 Å². The number of nitrogens with zero attached hydrogens (tertiary/aromatic N) is 2. The summed E-state index contributed by atoms with van der Waals surface area (Å²) in [5, 5.41) is 3.98. The van der Waals surface area contributed by atoms with Crippen molar-refractivity contribution in [3.63, 3.8) is 0 Å². The van der Waals surface area contributed by atoms with Gasteiger partial charge >= 0.3 is 0 Å². The number of hydrogen-bond acceptors (Lipinski definition) is 3. The van der Waals surface area contributed by atoms with Crippen LogP contribution >= 0.6 is 23.2 Å². The first kappa shape index (κ1) is 23.0. The maximum Gasteiger partial charge on any atom is 0.245 e. The molecule has 170 valence electrons. The van der Waals surface area contributed by atoms with Crippen LogP contribution < -0.4 is 5.32 Å². The summed E-state index contributed by atoms with van der Waals surface area (Å²) in [4.78, 5) is 30.7. The zero-order valence-electron chi connectivity index (χ0n) is 17.9. The standard InChI is InChI=1S/C24H26Cl2FN3O2/c1-29-10-12-30(13-11-29)22(31)21(14-16-2-5-18(25)15-20(16)26)28-23(32)24(8-9-24)17-3-6-19(27)7-4-17/h2-7,15,21H,8-14H2,1H3,(H,28,32). The van der Waals surface area contributed by atoms with Crippen molar-refractivity contribution in [1.29, 1.82) is 0 Å². The Hall–Kier alpha value is -2.15. The van der Waals surface area contributed by atoms with Crippen LogP contribution in [0.4, 0.5) is 4.39 Å². The molecule has 0 radical (unpaired) electrons. The van der Waals surface area contributed by atoms with E-state index in [0.29, 0.717) is 36.0 Å². The average Bonchev–Trinajstić information content (AvgIpc) is 3.57. The zero-order valence-corrected chi connectivity index (χ0v) is 19.4. The molecule has 2 aromatic rings. The number of likely N-dealkylation sites (N-methyl/N-ethyl adjacent to an activating group) is 1. The molecule has 0 aromatic heterocycles. The monoisotopic (exact) mass is 477 g/mol. The minimum Gasteiger partial charge on any atom is -0.343 e. The highest BCUT2D eigenvalue weighted by Crippen LogP contribution is 2.48. The molecule has 4 rings (SSSR count). The lowest BCUT2D eigenvalue weighted by molar-refractivity contribution is -0.138. The van der Waals surface area contributed by atoms with E-state index in [1.165, 1.54) is 12.1 Å². The largest absolute Gasteiger partial charge is 0.343 e. The van der Waals surface area contributed by atoms with Crippen LogP contribution in [0.1, 0.15) is 24.0 Å². The van der Waals surface area contributed by atoms with Gasteiger partial charge in [0.05, 0.1) is 5.41 Å². The lowest BCUT2D eigenvalue weighted by Crippen LogP contribution is -2.56. The van der Waals surface area contributed by atoms with Crippen molar-refractivity contribution in [3.05, 3.63) is 69.5 Å². The van der Waals surface area contributed by atoms with Gasteiger partial charge in [0.2, 0.25) is 11.8 Å². The molecule has 1 N–H and O–H groups in total. The van der Waals surface area contributed by atoms with Crippen molar-refractivity contribution in [2.45, 2.75) is 30.7 Å². The Bertz CT molecular complexity index is 1000. The lowest BCUT2D eigenvalue weighted by atomic mass is 9.94. The first-order valence-electron chi connectivity index (χ1n) is 10.8. The molecule has 5 nitrogen and oxygen atoms in total. The molecule has 1 saturated carbocycles. The second-order valence-corrected chi connectivity index (χ2v) is 9.53. The second-order valence-electron chi connectivity index (χ2n) is 8.68. The predicted octanol–water partition coefficient (Wildman–Crippen LogP) is 3.67. The van der Waals surface area contributed by atoms with Gasteiger partial charge in [-0.2, -0.15) is 0 Å². The molecule has 1 atom stereocenters. The summed E-state index contributed by atoms with van der Waals surface area (Å²) in [6.45, 7) is 2.79. The van der Waals surface area contributed by atoms with Crippen molar-refractivity contribution in [3.8, 4) is 0 Å². The van der Waals surface area contributed by atoms with Gasteiger partial charge in [0.15, 0.2) is 0 Å². The predicted molar refractivity (Wildman–Crippen MR) is 123 cm³/mol. The van der Waals surface area contributed by atoms with Crippen molar-refractivity contribution in [1.82, 2.24) is 15.1 Å². The number of nitrogens with one attached hydrogen (secondary N) is 1. The van der Waals surface area contributed by atoms with Crippen LogP contribution in [0.3, 0.4) is 0 Å². The summed E-state index contributed by atoms with van der Waals surface area (Å²) >= 11 is 12.4. The Balaban J connectivity index is 1.56. The molecule has 0 spiro atoms. The van der Waals surface area contributed by atoms with E-state index in [1.807, 2.05) is 7.05 Å². The maximum absolute atomic E-state index is 13.4. The summed E-state index contributed by atoms with van der Waals surface area (Å²) < 4.78 is 13.4. The van der Waals surface area contributed by atoms with Crippen molar-refractivity contribution in [2.24, 2.45) is 0 Å². The SMILES string of the molecule is CN1CCN(C(=O)C(Cc2ccc(Cl)cc2Cl)NC(=O)C2(c3ccc(F)cc3)CC2)CC1. The van der Waals surface area contributed by atoms with Crippen LogP contribution in [0.25, 0.3) is 0 Å². The molecule has 2 aromatic carbocycles. The van der Waals surface area contributed by atoms with Gasteiger partial charge in [-0.25, -0.2) is 4.39 Å². The number of carbonyl (C=O) groups excluding carboxylic acids is 2. The molecular formula is C24H26Cl2FN3O2. The summed E-state index contributed by atoms with van der Waals surface area (Å²) in [6, 6.07) is 10.4. The van der Waals surface area contributed by atoms with Crippen LogP contribution in [0.2, 0.25) is 10.0 Å². The second kappa shape index (κ2) is 9.38. The number of rotatable bonds is 6. The third-order valence-corrected chi connectivity index (χ3v) is 7.03. The van der Waals surface area contributed by atoms with Crippen LogP contribution in [-0.2, 0) is 21.4 Å². The van der Waals surface area contributed by atoms with Gasteiger partial charge in [-0.3, -0.25) is 9.59 Å². The minimum absolute atomic E-state index is 0.118. The number of piperazine rings is 1. The van der Waals surface area contributed by atoms with Crippen molar-refractivity contribution < 1.29 is 14.0 Å². The van der Waals surface area contributed by atoms with E-state index in [4.69, 9.17) is 23.2 Å². The van der Waals surface area contributed by atoms with E-state index in [0.717, 1.165) is 24.2 Å². The van der Waals surface area contributed by atoms with Crippen LogP contribution in [0.5, 0.6) is 0 Å². The Morgan fingerprint density at radius 1 is 1.06 bits per heavy atom. The van der Waals surface area contributed by atoms with Gasteiger partial charge in [-0.05, 0) is 55.3 Å². The third kappa shape index (κ3) is 4.92. The Kier molecular flexibility index (Phi) is 6.75. The average molecular weight is 478 g/mol. The third-order valence-electron chi connectivity index (χ3n) is 6.44. The van der Waals surface area contributed by atoms with Gasteiger partial charge in [-0.1, -0.05) is 41.4 Å². The molecule has 1 saturated heterocycles. The Labute approximate surface area is 197 Å². The minimum atomic E-state index is -0.748. The van der Waals surface area contributed by atoms with Crippen LogP contribution in [0, 0.1) is 5.82 Å². The molecule has 32 heavy (non-hydrogen) atoms. The number of amides is 2. The fourth-order valence-corrected chi connectivity index (χ4v) is 4.68. The topological polar surface area (TPSA) is 52.6 Å². The number of halogens is 3. The highest BCUT2D eigenvalue weighted by molar-refractivity contribution is 6.35. The van der Waals surface area contributed by atoms with Gasteiger partial charge < -0.3 is 15.1 Å². The van der Waals surface area contributed by atoms with Crippen LogP contribution in [-0.4, -0.2) is 60.9 Å². The Morgan fingerprint density at radius 3 is 2.31 bits per heavy atom. The van der Waals surface area contributed by atoms with E-state index in [1.54, 1.807) is 35.2 Å². The molecule has 1 heterocycles. The number of hydrogen-bond donors (Lipinski definition) is 1. The smallest absolute Gasteiger partial charge is 0.245 e. The summed E-state index contributed by atoms with van der Waals surface area (Å²) in [7, 11) is 2.02. The van der Waals surface area contributed by atoms with E-state index >= 15 is 0 Å². The van der Waals surface area contributed by atoms with Gasteiger partial charge in [0.25, 0.3) is 0 Å². The quantitative estimate of drug-likeness (QED) is 0.690. The summed E-state index contributed by atoms with van der Waals surface area (Å²) in [6.07, 6.45) is 1.61. The maximum atomic E-state index is 13.4. The van der Waals surface area contributed by atoms with Crippen LogP contribution in [0.15, 0.2) is 42.5 Å². The zero-order chi connectivity index (χ0) is 22.9. The van der Waals surface area contributed by atoms with Gasteiger partial charge in [0, 0.05) is 42.6 Å². The van der Waals surface area contributed by atoms with E-state index < -0.39 is 11.5 Å². The fraction of sp³-hybridized carbons (Fsp3) is 0.417. The van der Waals surface area contributed by atoms with Gasteiger partial charge in [0.1, 0.15) is 11.9 Å². The van der Waals surface area contributed by atoms with Gasteiger partial charge in [-0.15, -0.1) is 0 Å². The normalized spacial score (nSPS) is 18.8. The molecular weight excluding hydrogens is 452 g/mol. The lowest BCUT2D eigenvalue weighted by Gasteiger charge is -2.35. The van der Waals surface area contributed by atoms with E-state index in [9.17, 15) is 14.0 Å². The fourth-order valence-electron chi connectivity index (χ4n) is 4.19. The molecule has 1 aliphatic carbocycles. The molecule has 2 amide bonds. The van der Waals surface area contributed by atoms with E-state index in [2.05, 4.69) is 10.2 Å². The highest BCUT2D eigenvalue weighted by atomic mass is 35.5. The molecule has 2 fully saturated rings. The Morgan fingerprint density at radius 2 is 1.72 bits per heavy atom. The summed E-state index contributed by atoms with van der Waals surface area (Å²) in [5.41, 5.74) is 0.806. The van der Waals surface area contributed by atoms with E-state index in [-0.39, 0.29) is 24.1 Å². The highest BCUT2D eigenvalue weighted by Gasteiger charge is 2.52. The molecule has 1 unspecified atom stereocenters. The number of carbonyl (C=O) groups is 2. The first-order valence-corrected chi connectivity index (χ1v) is 11.5. The molecule has 1 aliphatic heterocycles. The first-order chi connectivity index (χ1) is 15.3. The summed E-state index contributed by atoms with van der Waals surface area (Å²) in [5.74, 6) is -0.667. The van der Waals surface area contributed by atoms with Crippen molar-refractivity contribution >= 4 is 35.0 Å².